The molecule has 4 amide bonds. The Morgan fingerprint density at radius 2 is 1.68 bits per heavy atom. The van der Waals surface area contributed by atoms with Crippen LogP contribution in [0.4, 0.5) is 16.2 Å². The molecule has 1 atom stereocenters. The van der Waals surface area contributed by atoms with Crippen molar-refractivity contribution in [1.29, 1.82) is 0 Å². The number of H-pyrrole nitrogens is 1. The van der Waals surface area contributed by atoms with E-state index >= 15 is 0 Å². The number of hydrogen-bond acceptors (Lipinski definition) is 4. The maximum atomic E-state index is 12.9. The molecular formula is C25H25N5O4. The van der Waals surface area contributed by atoms with Crippen LogP contribution in [0.1, 0.15) is 18.2 Å². The fourth-order valence-electron chi connectivity index (χ4n) is 3.60. The van der Waals surface area contributed by atoms with E-state index in [0.29, 0.717) is 23.6 Å². The van der Waals surface area contributed by atoms with Gasteiger partial charge in [-0.1, -0.05) is 18.2 Å². The fraction of sp³-hybridized carbons (Fsp3) is 0.160. The van der Waals surface area contributed by atoms with Crippen LogP contribution in [0, 0.1) is 0 Å². The van der Waals surface area contributed by atoms with Crippen LogP contribution in [0.25, 0.3) is 10.9 Å². The van der Waals surface area contributed by atoms with E-state index in [1.165, 1.54) is 6.92 Å². The van der Waals surface area contributed by atoms with Crippen LogP contribution in [0.2, 0.25) is 0 Å². The second-order valence-corrected chi connectivity index (χ2v) is 7.77. The summed E-state index contributed by atoms with van der Waals surface area (Å²) in [4.78, 5) is 39.9. The van der Waals surface area contributed by atoms with E-state index < -0.39 is 6.04 Å². The van der Waals surface area contributed by atoms with E-state index in [-0.39, 0.29) is 24.4 Å². The third-order valence-electron chi connectivity index (χ3n) is 5.21. The maximum absolute atomic E-state index is 12.9. The molecule has 2 aromatic carbocycles. The number of para-hydroxylation sites is 1. The van der Waals surface area contributed by atoms with Crippen molar-refractivity contribution in [1.82, 2.24) is 15.6 Å². The minimum Gasteiger partial charge on any atom is -0.467 e. The van der Waals surface area contributed by atoms with Gasteiger partial charge in [0.15, 0.2) is 0 Å². The van der Waals surface area contributed by atoms with Gasteiger partial charge in [-0.05, 0) is 48.0 Å². The molecule has 34 heavy (non-hydrogen) atoms. The van der Waals surface area contributed by atoms with Crippen LogP contribution < -0.4 is 21.3 Å². The zero-order chi connectivity index (χ0) is 23.9. The minimum absolute atomic E-state index is 0.272. The van der Waals surface area contributed by atoms with Gasteiger partial charge >= 0.3 is 6.03 Å². The van der Waals surface area contributed by atoms with E-state index in [4.69, 9.17) is 4.42 Å². The molecule has 2 heterocycles. The first kappa shape index (κ1) is 22.7. The number of urea groups is 1. The molecule has 0 fully saturated rings. The zero-order valence-corrected chi connectivity index (χ0v) is 18.6. The van der Waals surface area contributed by atoms with Crippen molar-refractivity contribution in [2.24, 2.45) is 0 Å². The molecular weight excluding hydrogens is 434 g/mol. The second kappa shape index (κ2) is 10.4. The van der Waals surface area contributed by atoms with Crippen LogP contribution in [0.15, 0.2) is 77.5 Å². The molecule has 0 saturated carbocycles. The molecule has 4 aromatic rings. The lowest BCUT2D eigenvalue weighted by Crippen LogP contribution is -2.44. The fourth-order valence-corrected chi connectivity index (χ4v) is 3.60. The van der Waals surface area contributed by atoms with Crippen LogP contribution in [-0.2, 0) is 22.6 Å². The summed E-state index contributed by atoms with van der Waals surface area (Å²) in [5, 5.41) is 12.0. The van der Waals surface area contributed by atoms with E-state index in [1.807, 2.05) is 30.5 Å². The quantitative estimate of drug-likeness (QED) is 0.275. The topological polar surface area (TPSA) is 128 Å². The first-order valence-electron chi connectivity index (χ1n) is 10.8. The van der Waals surface area contributed by atoms with E-state index in [2.05, 4.69) is 26.3 Å². The second-order valence-electron chi connectivity index (χ2n) is 7.77. The van der Waals surface area contributed by atoms with Gasteiger partial charge < -0.3 is 30.7 Å². The molecule has 0 aliphatic heterocycles. The number of carbonyl (C=O) groups excluding carboxylic acids is 3. The van der Waals surface area contributed by atoms with Crippen LogP contribution in [0.5, 0.6) is 0 Å². The van der Waals surface area contributed by atoms with Gasteiger partial charge in [-0.25, -0.2) is 4.79 Å². The molecule has 0 bridgehead atoms. The number of hydrogen-bond donors (Lipinski definition) is 5. The highest BCUT2D eigenvalue weighted by molar-refractivity contribution is 5.98. The Labute approximate surface area is 195 Å². The molecule has 174 valence electrons. The number of fused-ring (bicyclic) bond motifs is 1. The largest absolute Gasteiger partial charge is 0.467 e. The Morgan fingerprint density at radius 1 is 0.941 bits per heavy atom. The molecule has 5 N–H and O–H groups in total. The molecule has 2 aromatic heterocycles. The van der Waals surface area contributed by atoms with Crippen LogP contribution in [-0.4, -0.2) is 28.9 Å². The highest BCUT2D eigenvalue weighted by Gasteiger charge is 2.21. The number of aromatic nitrogens is 1. The molecule has 0 spiro atoms. The number of rotatable bonds is 8. The average molecular weight is 460 g/mol. The SMILES string of the molecule is CC(=O)NC(Cc1c[nH]c2ccccc12)C(=O)Nc1ccc(NC(=O)NCc2ccco2)cc1. The molecule has 0 aliphatic carbocycles. The lowest BCUT2D eigenvalue weighted by Gasteiger charge is -2.18. The maximum Gasteiger partial charge on any atom is 0.319 e. The number of benzene rings is 2. The smallest absolute Gasteiger partial charge is 0.319 e. The summed E-state index contributed by atoms with van der Waals surface area (Å²) < 4.78 is 5.17. The van der Waals surface area contributed by atoms with Crippen molar-refractivity contribution in [2.45, 2.75) is 25.9 Å². The van der Waals surface area contributed by atoms with Crippen LogP contribution >= 0.6 is 0 Å². The first-order valence-corrected chi connectivity index (χ1v) is 10.8. The normalized spacial score (nSPS) is 11.6. The van der Waals surface area contributed by atoms with Gasteiger partial charge in [-0.2, -0.15) is 0 Å². The molecule has 9 heteroatoms. The van der Waals surface area contributed by atoms with Gasteiger partial charge in [0.1, 0.15) is 11.8 Å². The minimum atomic E-state index is -0.748. The van der Waals surface area contributed by atoms with Crippen molar-refractivity contribution < 1.29 is 18.8 Å². The summed E-state index contributed by atoms with van der Waals surface area (Å²) in [5.74, 6) is 0.0204. The zero-order valence-electron chi connectivity index (χ0n) is 18.6. The lowest BCUT2D eigenvalue weighted by molar-refractivity contribution is -0.125. The van der Waals surface area contributed by atoms with Crippen molar-refractivity contribution >= 4 is 40.1 Å². The molecule has 4 rings (SSSR count). The van der Waals surface area contributed by atoms with E-state index in [9.17, 15) is 14.4 Å². The highest BCUT2D eigenvalue weighted by atomic mass is 16.3. The monoisotopic (exact) mass is 459 g/mol. The molecule has 0 aliphatic rings. The van der Waals surface area contributed by atoms with Crippen molar-refractivity contribution in [3.63, 3.8) is 0 Å². The summed E-state index contributed by atoms with van der Waals surface area (Å²) in [6.07, 6.45) is 3.73. The Hall–Kier alpha value is -4.53. The number of nitrogens with one attached hydrogen (secondary N) is 5. The third kappa shape index (κ3) is 5.83. The van der Waals surface area contributed by atoms with Crippen molar-refractivity contribution in [3.05, 3.63) is 84.4 Å². The standard InChI is InChI=1S/C25H25N5O4/c1-16(31)28-23(13-17-14-26-22-7-3-2-6-21(17)22)24(32)29-18-8-10-19(11-9-18)30-25(33)27-15-20-5-4-12-34-20/h2-12,14,23,26H,13,15H2,1H3,(H,28,31)(H,29,32)(H2,27,30,33). The van der Waals surface area contributed by atoms with Crippen molar-refractivity contribution in [2.75, 3.05) is 10.6 Å². The Morgan fingerprint density at radius 3 is 2.38 bits per heavy atom. The first-order chi connectivity index (χ1) is 16.5. The van der Waals surface area contributed by atoms with Gasteiger partial charge in [-0.15, -0.1) is 0 Å². The predicted octanol–water partition coefficient (Wildman–Crippen LogP) is 3.77. The van der Waals surface area contributed by atoms with Gasteiger partial charge in [0.2, 0.25) is 11.8 Å². The van der Waals surface area contributed by atoms with E-state index in [0.717, 1.165) is 16.5 Å². The Balaban J connectivity index is 1.36. The number of amides is 4. The van der Waals surface area contributed by atoms with Crippen LogP contribution in [0.3, 0.4) is 0 Å². The highest BCUT2D eigenvalue weighted by Crippen LogP contribution is 2.20. The molecule has 9 nitrogen and oxygen atoms in total. The summed E-state index contributed by atoms with van der Waals surface area (Å²) >= 11 is 0. The molecule has 1 unspecified atom stereocenters. The number of carbonyl (C=O) groups is 3. The van der Waals surface area contributed by atoms with Gasteiger partial charge in [0, 0.05) is 41.8 Å². The van der Waals surface area contributed by atoms with Gasteiger partial charge in [0.05, 0.1) is 12.8 Å². The van der Waals surface area contributed by atoms with Gasteiger partial charge in [-0.3, -0.25) is 9.59 Å². The number of anilines is 2. The Bertz CT molecular complexity index is 1280. The third-order valence-corrected chi connectivity index (χ3v) is 5.21. The Kier molecular flexibility index (Phi) is 6.92. The van der Waals surface area contributed by atoms with E-state index in [1.54, 1.807) is 42.7 Å². The lowest BCUT2D eigenvalue weighted by atomic mass is 10.0. The number of furan rings is 1. The average Bonchev–Trinajstić information content (AvgIpc) is 3.49. The summed E-state index contributed by atoms with van der Waals surface area (Å²) in [6.45, 7) is 1.65. The van der Waals surface area contributed by atoms with Gasteiger partial charge in [0.25, 0.3) is 0 Å². The molecule has 0 saturated heterocycles. The summed E-state index contributed by atoms with van der Waals surface area (Å²) in [6, 6.07) is 16.9. The molecule has 0 radical (unpaired) electrons. The number of aromatic amines is 1. The predicted molar refractivity (Wildman–Crippen MR) is 129 cm³/mol. The summed E-state index contributed by atoms with van der Waals surface area (Å²) in [7, 11) is 0. The summed E-state index contributed by atoms with van der Waals surface area (Å²) in [5.41, 5.74) is 3.01. The van der Waals surface area contributed by atoms with Crippen molar-refractivity contribution in [3.8, 4) is 0 Å².